The molecule has 2 aromatic heterocycles. The Hall–Kier alpha value is -2.95. The van der Waals surface area contributed by atoms with E-state index in [1.807, 2.05) is 41.9 Å². The first-order chi connectivity index (χ1) is 10.7. The fourth-order valence-corrected chi connectivity index (χ4v) is 2.18. The summed E-state index contributed by atoms with van der Waals surface area (Å²) in [4.78, 5) is 16.1. The van der Waals surface area contributed by atoms with Crippen LogP contribution >= 0.6 is 0 Å². The van der Waals surface area contributed by atoms with Crippen LogP contribution in [0.2, 0.25) is 0 Å². The minimum absolute atomic E-state index is 0.0967. The van der Waals surface area contributed by atoms with Crippen molar-refractivity contribution in [3.8, 4) is 5.69 Å². The Labute approximate surface area is 128 Å². The summed E-state index contributed by atoms with van der Waals surface area (Å²) in [5, 5.41) is 7.14. The number of benzene rings is 1. The first-order valence-electron chi connectivity index (χ1n) is 7.02. The first kappa shape index (κ1) is 14.0. The van der Waals surface area contributed by atoms with Crippen LogP contribution in [0.15, 0.2) is 61.1 Å². The van der Waals surface area contributed by atoms with Crippen molar-refractivity contribution < 1.29 is 4.79 Å². The van der Waals surface area contributed by atoms with E-state index in [4.69, 9.17) is 0 Å². The van der Waals surface area contributed by atoms with Crippen LogP contribution in [0, 0.1) is 6.92 Å². The second-order valence-corrected chi connectivity index (χ2v) is 4.97. The molecule has 0 unspecified atom stereocenters. The van der Waals surface area contributed by atoms with Gasteiger partial charge < -0.3 is 5.32 Å². The van der Waals surface area contributed by atoms with Crippen molar-refractivity contribution in [2.45, 2.75) is 13.5 Å². The molecule has 5 nitrogen and oxygen atoms in total. The summed E-state index contributed by atoms with van der Waals surface area (Å²) in [6.07, 6.45) is 5.18. The van der Waals surface area contributed by atoms with Gasteiger partial charge in [0.1, 0.15) is 0 Å². The maximum absolute atomic E-state index is 12.1. The molecule has 0 saturated heterocycles. The van der Waals surface area contributed by atoms with E-state index in [0.29, 0.717) is 12.1 Å². The Morgan fingerprint density at radius 3 is 2.41 bits per heavy atom. The van der Waals surface area contributed by atoms with E-state index < -0.39 is 0 Å². The van der Waals surface area contributed by atoms with Gasteiger partial charge in [-0.3, -0.25) is 9.78 Å². The number of nitrogens with one attached hydrogen (secondary N) is 1. The molecule has 1 aromatic carbocycles. The van der Waals surface area contributed by atoms with Crippen LogP contribution in [0.25, 0.3) is 5.69 Å². The van der Waals surface area contributed by atoms with Gasteiger partial charge in [-0.15, -0.1) is 0 Å². The SMILES string of the molecule is Cc1ccnn1-c1ccc(C(=O)NCc2ccncc2)cc1. The summed E-state index contributed by atoms with van der Waals surface area (Å²) < 4.78 is 1.83. The van der Waals surface area contributed by atoms with Gasteiger partial charge in [-0.2, -0.15) is 5.10 Å². The molecule has 2 heterocycles. The van der Waals surface area contributed by atoms with Crippen molar-refractivity contribution in [3.63, 3.8) is 0 Å². The molecule has 0 bridgehead atoms. The lowest BCUT2D eigenvalue weighted by Crippen LogP contribution is -2.22. The zero-order chi connectivity index (χ0) is 15.4. The van der Waals surface area contributed by atoms with Crippen LogP contribution in [-0.4, -0.2) is 20.7 Å². The highest BCUT2D eigenvalue weighted by Crippen LogP contribution is 2.11. The Morgan fingerprint density at radius 1 is 1.05 bits per heavy atom. The monoisotopic (exact) mass is 292 g/mol. The Balaban J connectivity index is 1.67. The highest BCUT2D eigenvalue weighted by molar-refractivity contribution is 5.94. The lowest BCUT2D eigenvalue weighted by molar-refractivity contribution is 0.0951. The number of hydrogen-bond donors (Lipinski definition) is 1. The van der Waals surface area contributed by atoms with E-state index in [1.54, 1.807) is 30.7 Å². The molecule has 5 heteroatoms. The van der Waals surface area contributed by atoms with E-state index >= 15 is 0 Å². The molecule has 0 atom stereocenters. The molecular formula is C17H16N4O. The number of aromatic nitrogens is 3. The lowest BCUT2D eigenvalue weighted by atomic mass is 10.2. The Kier molecular flexibility index (Phi) is 3.96. The molecule has 0 fully saturated rings. The highest BCUT2D eigenvalue weighted by atomic mass is 16.1. The third-order valence-electron chi connectivity index (χ3n) is 3.41. The molecule has 3 aromatic rings. The third-order valence-corrected chi connectivity index (χ3v) is 3.41. The molecule has 0 spiro atoms. The average molecular weight is 292 g/mol. The third kappa shape index (κ3) is 3.03. The maximum Gasteiger partial charge on any atom is 0.251 e. The average Bonchev–Trinajstić information content (AvgIpc) is 3.00. The maximum atomic E-state index is 12.1. The highest BCUT2D eigenvalue weighted by Gasteiger charge is 2.06. The van der Waals surface area contributed by atoms with Gasteiger partial charge in [0.15, 0.2) is 0 Å². The summed E-state index contributed by atoms with van der Waals surface area (Å²) in [5.74, 6) is -0.0967. The number of carbonyl (C=O) groups excluding carboxylic acids is 1. The van der Waals surface area contributed by atoms with Crippen molar-refractivity contribution in [3.05, 3.63) is 77.9 Å². The smallest absolute Gasteiger partial charge is 0.251 e. The predicted octanol–water partition coefficient (Wildman–Crippen LogP) is 2.51. The predicted molar refractivity (Wildman–Crippen MR) is 83.7 cm³/mol. The van der Waals surface area contributed by atoms with E-state index in [9.17, 15) is 4.79 Å². The lowest BCUT2D eigenvalue weighted by Gasteiger charge is -2.07. The molecule has 1 amide bonds. The summed E-state index contributed by atoms with van der Waals surface area (Å²) in [5.41, 5.74) is 3.64. The van der Waals surface area contributed by atoms with Crippen LogP contribution < -0.4 is 5.32 Å². The molecule has 1 N–H and O–H groups in total. The van der Waals surface area contributed by atoms with Gasteiger partial charge in [-0.1, -0.05) is 0 Å². The molecule has 110 valence electrons. The molecule has 3 rings (SSSR count). The molecule has 0 aliphatic carbocycles. The van der Waals surface area contributed by atoms with Gasteiger partial charge in [-0.25, -0.2) is 4.68 Å². The van der Waals surface area contributed by atoms with Gasteiger partial charge in [0, 0.05) is 36.4 Å². The van der Waals surface area contributed by atoms with E-state index in [2.05, 4.69) is 15.4 Å². The number of rotatable bonds is 4. The molecular weight excluding hydrogens is 276 g/mol. The number of carbonyl (C=O) groups is 1. The minimum Gasteiger partial charge on any atom is -0.348 e. The number of hydrogen-bond acceptors (Lipinski definition) is 3. The van der Waals surface area contributed by atoms with Crippen LogP contribution in [0.4, 0.5) is 0 Å². The molecule has 0 aliphatic heterocycles. The van der Waals surface area contributed by atoms with Crippen molar-refractivity contribution in [1.29, 1.82) is 0 Å². The van der Waals surface area contributed by atoms with Crippen molar-refractivity contribution in [1.82, 2.24) is 20.1 Å². The van der Waals surface area contributed by atoms with Crippen LogP contribution in [0.3, 0.4) is 0 Å². The number of amides is 1. The van der Waals surface area contributed by atoms with Crippen molar-refractivity contribution >= 4 is 5.91 Å². The van der Waals surface area contributed by atoms with Gasteiger partial charge in [-0.05, 0) is 55.0 Å². The van der Waals surface area contributed by atoms with Gasteiger partial charge in [0.05, 0.1) is 5.69 Å². The van der Waals surface area contributed by atoms with Gasteiger partial charge in [0.2, 0.25) is 0 Å². The normalized spacial score (nSPS) is 10.4. The standard InChI is InChI=1S/C17H16N4O/c1-13-6-11-20-21(13)16-4-2-15(3-5-16)17(22)19-12-14-7-9-18-10-8-14/h2-11H,12H2,1H3,(H,19,22). The largest absolute Gasteiger partial charge is 0.348 e. The summed E-state index contributed by atoms with van der Waals surface area (Å²) >= 11 is 0. The minimum atomic E-state index is -0.0967. The summed E-state index contributed by atoms with van der Waals surface area (Å²) in [6, 6.07) is 13.1. The number of nitrogens with zero attached hydrogens (tertiary/aromatic N) is 3. The number of pyridine rings is 1. The Bertz CT molecular complexity index is 763. The zero-order valence-corrected chi connectivity index (χ0v) is 12.2. The fraction of sp³-hybridized carbons (Fsp3) is 0.118. The van der Waals surface area contributed by atoms with Crippen molar-refractivity contribution in [2.24, 2.45) is 0 Å². The number of aryl methyl sites for hydroxylation is 1. The molecule has 0 saturated carbocycles. The molecule has 0 radical (unpaired) electrons. The zero-order valence-electron chi connectivity index (χ0n) is 12.2. The Morgan fingerprint density at radius 2 is 1.77 bits per heavy atom. The van der Waals surface area contributed by atoms with Crippen molar-refractivity contribution in [2.75, 3.05) is 0 Å². The van der Waals surface area contributed by atoms with E-state index in [1.165, 1.54) is 0 Å². The topological polar surface area (TPSA) is 59.8 Å². The van der Waals surface area contributed by atoms with E-state index in [0.717, 1.165) is 16.9 Å². The van der Waals surface area contributed by atoms with Crippen LogP contribution in [0.5, 0.6) is 0 Å². The molecule has 0 aliphatic rings. The second-order valence-electron chi connectivity index (χ2n) is 4.97. The second kappa shape index (κ2) is 6.22. The van der Waals surface area contributed by atoms with Crippen LogP contribution in [-0.2, 0) is 6.54 Å². The quantitative estimate of drug-likeness (QED) is 0.803. The summed E-state index contributed by atoms with van der Waals surface area (Å²) in [7, 11) is 0. The first-order valence-corrected chi connectivity index (χ1v) is 7.02. The fourth-order valence-electron chi connectivity index (χ4n) is 2.18. The summed E-state index contributed by atoms with van der Waals surface area (Å²) in [6.45, 7) is 2.48. The molecule has 22 heavy (non-hydrogen) atoms. The van der Waals surface area contributed by atoms with Crippen LogP contribution in [0.1, 0.15) is 21.6 Å². The van der Waals surface area contributed by atoms with E-state index in [-0.39, 0.29) is 5.91 Å². The van der Waals surface area contributed by atoms with Gasteiger partial charge in [0.25, 0.3) is 5.91 Å². The van der Waals surface area contributed by atoms with Gasteiger partial charge >= 0.3 is 0 Å².